The van der Waals surface area contributed by atoms with Gasteiger partial charge in [-0.2, -0.15) is 0 Å². The standard InChI is InChI=1S/C28H34ClN4O2/c29-22-12-5-19(6-13-22)7-14-25(34)33-17-15-32(16-18-33)24-4-2-1-3-23(24)27(28(30)35)31-26(20-8-9-20)21-10-11-21/h1-6,12-14,20-21,26-27,31H,7-11,15-18H2,(H2,30,35). The van der Waals surface area contributed by atoms with Crippen LogP contribution in [0.5, 0.6) is 0 Å². The Morgan fingerprint density at radius 3 is 2.20 bits per heavy atom. The monoisotopic (exact) mass is 493 g/mol. The Kier molecular flexibility index (Phi) is 7.30. The van der Waals surface area contributed by atoms with Crippen molar-refractivity contribution in [3.05, 3.63) is 71.1 Å². The molecule has 2 saturated carbocycles. The molecule has 0 bridgehead atoms. The van der Waals surface area contributed by atoms with E-state index in [1.165, 1.54) is 25.7 Å². The van der Waals surface area contributed by atoms with Gasteiger partial charge in [-0.05, 0) is 67.7 Å². The van der Waals surface area contributed by atoms with Crippen molar-refractivity contribution in [1.82, 2.24) is 10.2 Å². The Morgan fingerprint density at radius 1 is 0.971 bits per heavy atom. The molecule has 185 valence electrons. The van der Waals surface area contributed by atoms with Crippen LogP contribution in [0.3, 0.4) is 0 Å². The van der Waals surface area contributed by atoms with Gasteiger partial charge in [0.15, 0.2) is 0 Å². The first-order chi connectivity index (χ1) is 17.0. The average molecular weight is 494 g/mol. The van der Waals surface area contributed by atoms with Gasteiger partial charge in [-0.15, -0.1) is 0 Å². The molecule has 6 nitrogen and oxygen atoms in total. The van der Waals surface area contributed by atoms with Crippen LogP contribution in [0.25, 0.3) is 0 Å². The van der Waals surface area contributed by atoms with Gasteiger partial charge in [0.25, 0.3) is 0 Å². The Morgan fingerprint density at radius 2 is 1.60 bits per heavy atom. The van der Waals surface area contributed by atoms with Crippen LogP contribution in [0.2, 0.25) is 5.02 Å². The third-order valence-electron chi connectivity index (χ3n) is 7.51. The average Bonchev–Trinajstić information content (AvgIpc) is 3.79. The lowest BCUT2D eigenvalue weighted by Crippen LogP contribution is -2.50. The molecule has 2 amide bonds. The van der Waals surface area contributed by atoms with Gasteiger partial charge in [-0.25, -0.2) is 0 Å². The molecular formula is C28H34ClN4O2. The first-order valence-electron chi connectivity index (χ1n) is 12.8. The highest BCUT2D eigenvalue weighted by atomic mass is 35.5. The first kappa shape index (κ1) is 24.1. The lowest BCUT2D eigenvalue weighted by Gasteiger charge is -2.38. The van der Waals surface area contributed by atoms with E-state index in [1.807, 2.05) is 47.4 Å². The summed E-state index contributed by atoms with van der Waals surface area (Å²) in [5.74, 6) is 1.08. The number of nitrogens with two attached hydrogens (primary N) is 1. The molecule has 1 unspecified atom stereocenters. The number of carbonyl (C=O) groups is 2. The smallest absolute Gasteiger partial charge is 0.239 e. The molecule has 0 spiro atoms. The van der Waals surface area contributed by atoms with Gasteiger partial charge in [0, 0.05) is 48.5 Å². The molecule has 1 atom stereocenters. The van der Waals surface area contributed by atoms with Crippen molar-refractivity contribution in [2.24, 2.45) is 17.6 Å². The molecule has 2 aromatic carbocycles. The SMILES string of the molecule is NC(=O)C(NC(C1CC1)C1CC1)c1ccccc1N1CCN(C(=O)[CH]Cc2ccc(Cl)cc2)CC1. The number of primary amides is 1. The minimum atomic E-state index is -0.496. The van der Waals surface area contributed by atoms with Crippen LogP contribution < -0.4 is 16.0 Å². The van der Waals surface area contributed by atoms with E-state index in [1.54, 1.807) is 6.42 Å². The summed E-state index contributed by atoms with van der Waals surface area (Å²) >= 11 is 5.95. The lowest BCUT2D eigenvalue weighted by molar-refractivity contribution is -0.128. The molecule has 35 heavy (non-hydrogen) atoms. The van der Waals surface area contributed by atoms with E-state index in [9.17, 15) is 9.59 Å². The van der Waals surface area contributed by atoms with Crippen molar-refractivity contribution >= 4 is 29.1 Å². The summed E-state index contributed by atoms with van der Waals surface area (Å²) in [7, 11) is 0. The van der Waals surface area contributed by atoms with Crippen LogP contribution in [0, 0.1) is 18.3 Å². The molecule has 0 aromatic heterocycles. The number of nitrogens with zero attached hydrogens (tertiary/aromatic N) is 2. The van der Waals surface area contributed by atoms with Gasteiger partial charge < -0.3 is 15.5 Å². The van der Waals surface area contributed by atoms with Crippen molar-refractivity contribution < 1.29 is 9.59 Å². The van der Waals surface area contributed by atoms with Crippen LogP contribution >= 0.6 is 11.6 Å². The summed E-state index contributed by atoms with van der Waals surface area (Å²) in [6.45, 7) is 2.73. The fourth-order valence-electron chi connectivity index (χ4n) is 5.23. The number of nitrogens with one attached hydrogen (secondary N) is 1. The molecule has 1 saturated heterocycles. The van der Waals surface area contributed by atoms with Gasteiger partial charge in [0.1, 0.15) is 6.04 Å². The number of halogens is 1. The molecule has 2 aliphatic carbocycles. The molecule has 3 N–H and O–H groups in total. The zero-order valence-electron chi connectivity index (χ0n) is 20.0. The fraction of sp³-hybridized carbons (Fsp3) is 0.464. The Hall–Kier alpha value is -2.57. The molecule has 1 radical (unpaired) electrons. The number of anilines is 1. The fourth-order valence-corrected chi connectivity index (χ4v) is 5.35. The third kappa shape index (κ3) is 5.99. The maximum atomic E-state index is 12.8. The van der Waals surface area contributed by atoms with Gasteiger partial charge in [-0.3, -0.25) is 14.9 Å². The number of hydrogen-bond acceptors (Lipinski definition) is 4. The lowest BCUT2D eigenvalue weighted by atomic mass is 9.99. The van der Waals surface area contributed by atoms with Crippen molar-refractivity contribution in [3.63, 3.8) is 0 Å². The Balaban J connectivity index is 1.21. The molecule has 5 rings (SSSR count). The van der Waals surface area contributed by atoms with Crippen LogP contribution in [-0.2, 0) is 16.0 Å². The predicted molar refractivity (Wildman–Crippen MR) is 139 cm³/mol. The van der Waals surface area contributed by atoms with E-state index in [2.05, 4.69) is 16.3 Å². The number of hydrogen-bond donors (Lipinski definition) is 2. The van der Waals surface area contributed by atoms with Gasteiger partial charge in [0.2, 0.25) is 11.8 Å². The van der Waals surface area contributed by atoms with E-state index in [0.717, 1.165) is 29.9 Å². The highest BCUT2D eigenvalue weighted by Crippen LogP contribution is 2.45. The maximum absolute atomic E-state index is 12.8. The normalized spacial score (nSPS) is 19.1. The van der Waals surface area contributed by atoms with Gasteiger partial charge >= 0.3 is 0 Å². The second kappa shape index (κ2) is 10.6. The minimum absolute atomic E-state index is 0.0567. The molecule has 1 heterocycles. The maximum Gasteiger partial charge on any atom is 0.239 e. The van der Waals surface area contributed by atoms with Crippen LogP contribution in [0.15, 0.2) is 48.5 Å². The van der Waals surface area contributed by atoms with Crippen molar-refractivity contribution in [2.75, 3.05) is 31.1 Å². The zero-order chi connectivity index (χ0) is 24.4. The quantitative estimate of drug-likeness (QED) is 0.528. The highest BCUT2D eigenvalue weighted by Gasteiger charge is 2.43. The van der Waals surface area contributed by atoms with Crippen molar-refractivity contribution in [3.8, 4) is 0 Å². The van der Waals surface area contributed by atoms with E-state index < -0.39 is 6.04 Å². The zero-order valence-corrected chi connectivity index (χ0v) is 20.8. The summed E-state index contributed by atoms with van der Waals surface area (Å²) in [5, 5.41) is 4.35. The highest BCUT2D eigenvalue weighted by molar-refractivity contribution is 6.30. The van der Waals surface area contributed by atoms with Crippen LogP contribution in [0.4, 0.5) is 5.69 Å². The third-order valence-corrected chi connectivity index (χ3v) is 7.76. The summed E-state index contributed by atoms with van der Waals surface area (Å²) in [6.07, 6.45) is 7.31. The number of carbonyl (C=O) groups excluding carboxylic acids is 2. The number of piperazine rings is 1. The number of para-hydroxylation sites is 1. The van der Waals surface area contributed by atoms with Gasteiger partial charge in [0.05, 0.1) is 6.42 Å². The second-order valence-electron chi connectivity index (χ2n) is 10.1. The second-order valence-corrected chi connectivity index (χ2v) is 10.5. The van der Waals surface area contributed by atoms with E-state index in [4.69, 9.17) is 17.3 Å². The molecule has 3 fully saturated rings. The Bertz CT molecular complexity index is 1030. The summed E-state index contributed by atoms with van der Waals surface area (Å²) in [6, 6.07) is 15.5. The number of amides is 2. The van der Waals surface area contributed by atoms with Crippen LogP contribution in [0.1, 0.15) is 42.9 Å². The van der Waals surface area contributed by atoms with E-state index >= 15 is 0 Å². The van der Waals surface area contributed by atoms with Gasteiger partial charge in [-0.1, -0.05) is 41.9 Å². The first-order valence-corrected chi connectivity index (χ1v) is 13.1. The summed E-state index contributed by atoms with van der Waals surface area (Å²) < 4.78 is 0. The molecular weight excluding hydrogens is 460 g/mol. The van der Waals surface area contributed by atoms with Crippen LogP contribution in [-0.4, -0.2) is 48.9 Å². The topological polar surface area (TPSA) is 78.7 Å². The molecule has 2 aromatic rings. The van der Waals surface area contributed by atoms with E-state index in [-0.39, 0.29) is 11.8 Å². The Labute approximate surface area is 212 Å². The van der Waals surface area contributed by atoms with E-state index in [0.29, 0.717) is 42.4 Å². The minimum Gasteiger partial charge on any atom is -0.368 e. The number of rotatable bonds is 10. The molecule has 1 aliphatic heterocycles. The van der Waals surface area contributed by atoms with Crippen molar-refractivity contribution in [2.45, 2.75) is 44.2 Å². The predicted octanol–water partition coefficient (Wildman–Crippen LogP) is 3.74. The van der Waals surface area contributed by atoms with Crippen molar-refractivity contribution in [1.29, 1.82) is 0 Å². The molecule has 7 heteroatoms. The molecule has 3 aliphatic rings. The summed E-state index contributed by atoms with van der Waals surface area (Å²) in [5.41, 5.74) is 8.97. The number of benzene rings is 2. The largest absolute Gasteiger partial charge is 0.368 e. The summed E-state index contributed by atoms with van der Waals surface area (Å²) in [4.78, 5) is 29.5.